The van der Waals surface area contributed by atoms with Crippen LogP contribution in [0.3, 0.4) is 0 Å². The van der Waals surface area contributed by atoms with Gasteiger partial charge in [-0.25, -0.2) is 13.5 Å². The molecule has 0 aliphatic carbocycles. The van der Waals surface area contributed by atoms with Crippen molar-refractivity contribution < 1.29 is 13.5 Å². The van der Waals surface area contributed by atoms with Crippen LogP contribution in [0.2, 0.25) is 0 Å². The van der Waals surface area contributed by atoms with Crippen molar-refractivity contribution in [3.05, 3.63) is 60.2 Å². The van der Waals surface area contributed by atoms with Crippen molar-refractivity contribution in [3.8, 4) is 16.9 Å². The smallest absolute Gasteiger partial charge is 0.156 e. The van der Waals surface area contributed by atoms with Crippen LogP contribution in [0.5, 0.6) is 0 Å². The van der Waals surface area contributed by atoms with Crippen LogP contribution in [0.15, 0.2) is 43.0 Å². The van der Waals surface area contributed by atoms with E-state index >= 15 is 4.39 Å². The monoisotopic (exact) mass is 438 g/mol. The number of nitrogens with zero attached hydrogens (tertiary/aromatic N) is 6. The van der Waals surface area contributed by atoms with Crippen LogP contribution in [0.1, 0.15) is 18.4 Å². The van der Waals surface area contributed by atoms with Crippen LogP contribution < -0.4 is 0 Å². The lowest BCUT2D eigenvalue weighted by atomic mass is 10.1. The molecule has 3 aromatic heterocycles. The summed E-state index contributed by atoms with van der Waals surface area (Å²) >= 11 is 0. The largest absolute Gasteiger partial charge is 0.380 e. The maximum atomic E-state index is 15.7. The molecule has 4 aromatic rings. The van der Waals surface area contributed by atoms with Gasteiger partial charge in [0.05, 0.1) is 24.0 Å². The van der Waals surface area contributed by atoms with Crippen LogP contribution in [0.4, 0.5) is 8.78 Å². The first-order valence-corrected chi connectivity index (χ1v) is 10.6. The number of halogens is 2. The summed E-state index contributed by atoms with van der Waals surface area (Å²) in [7, 11) is 3.50. The van der Waals surface area contributed by atoms with Crippen molar-refractivity contribution in [2.45, 2.75) is 25.5 Å². The Morgan fingerprint density at radius 3 is 2.84 bits per heavy atom. The first-order chi connectivity index (χ1) is 15.5. The molecule has 1 unspecified atom stereocenters. The van der Waals surface area contributed by atoms with Gasteiger partial charge in [-0.05, 0) is 31.5 Å². The molecule has 7 nitrogen and oxygen atoms in total. The number of hydrogen-bond acceptors (Lipinski definition) is 5. The summed E-state index contributed by atoms with van der Waals surface area (Å²) in [5.41, 5.74) is 2.11. The van der Waals surface area contributed by atoms with Gasteiger partial charge in [0.2, 0.25) is 0 Å². The molecule has 0 saturated carbocycles. The minimum absolute atomic E-state index is 0.134. The predicted octanol–water partition coefficient (Wildman–Crippen LogP) is 3.71. The zero-order valence-corrected chi connectivity index (χ0v) is 18.0. The fourth-order valence-electron chi connectivity index (χ4n) is 4.38. The Balaban J connectivity index is 1.59. The maximum absolute atomic E-state index is 15.7. The molecule has 1 aromatic carbocycles. The number of rotatable bonds is 5. The summed E-state index contributed by atoms with van der Waals surface area (Å²) < 4.78 is 39.1. The molecule has 1 saturated heterocycles. The summed E-state index contributed by atoms with van der Waals surface area (Å²) in [5, 5.41) is 9.53. The number of piperidine rings is 1. The summed E-state index contributed by atoms with van der Waals surface area (Å²) in [6.07, 6.45) is 8.82. The van der Waals surface area contributed by atoms with Crippen LogP contribution >= 0.6 is 0 Å². The molecule has 0 bridgehead atoms. The van der Waals surface area contributed by atoms with E-state index in [0.717, 1.165) is 36.9 Å². The van der Waals surface area contributed by atoms with Gasteiger partial charge in [0.15, 0.2) is 11.6 Å². The van der Waals surface area contributed by atoms with Gasteiger partial charge in [-0.3, -0.25) is 14.6 Å². The molecule has 0 amide bonds. The number of likely N-dealkylation sites (tertiary alicyclic amines) is 1. The van der Waals surface area contributed by atoms with Crippen molar-refractivity contribution in [3.63, 3.8) is 0 Å². The van der Waals surface area contributed by atoms with Gasteiger partial charge in [0, 0.05) is 56.2 Å². The number of aryl methyl sites for hydroxylation is 1. The van der Waals surface area contributed by atoms with Gasteiger partial charge in [0.1, 0.15) is 11.4 Å². The molecule has 9 heteroatoms. The SMILES string of the molecule is COC1CCCN(Cc2ccc(F)c(-n3nc(-c4cnn(C)c4)c4ccncc43)c2F)C1. The summed E-state index contributed by atoms with van der Waals surface area (Å²) in [6.45, 7) is 1.96. The lowest BCUT2D eigenvalue weighted by Gasteiger charge is -2.32. The van der Waals surface area contributed by atoms with Crippen LogP contribution in [-0.2, 0) is 18.3 Å². The zero-order valence-electron chi connectivity index (χ0n) is 18.0. The Kier molecular flexibility index (Phi) is 5.44. The van der Waals surface area contributed by atoms with Gasteiger partial charge in [-0.15, -0.1) is 0 Å². The molecule has 0 radical (unpaired) electrons. The minimum atomic E-state index is -0.675. The van der Waals surface area contributed by atoms with Crippen molar-refractivity contribution in [2.75, 3.05) is 20.2 Å². The lowest BCUT2D eigenvalue weighted by molar-refractivity contribution is 0.0282. The fourth-order valence-corrected chi connectivity index (χ4v) is 4.38. The number of methoxy groups -OCH3 is 1. The average Bonchev–Trinajstić information content (AvgIpc) is 3.40. The number of pyridine rings is 1. The van der Waals surface area contributed by atoms with E-state index < -0.39 is 11.6 Å². The quantitative estimate of drug-likeness (QED) is 0.475. The molecule has 0 spiro atoms. The van der Waals surface area contributed by atoms with Gasteiger partial charge < -0.3 is 4.74 Å². The number of fused-ring (bicyclic) bond motifs is 1. The molecule has 1 atom stereocenters. The van der Waals surface area contributed by atoms with Gasteiger partial charge in [-0.1, -0.05) is 6.07 Å². The second-order valence-corrected chi connectivity index (χ2v) is 8.16. The van der Waals surface area contributed by atoms with E-state index in [1.165, 1.54) is 16.8 Å². The molecular weight excluding hydrogens is 414 g/mol. The standard InChI is InChI=1S/C23H24F2N6O/c1-29-12-16(10-27-29)22-18-7-8-26-11-20(18)31(28-22)23-19(24)6-5-15(21(23)25)13-30-9-3-4-17(14-30)32-2/h5-8,10-12,17H,3-4,9,13-14H2,1-2H3. The highest BCUT2D eigenvalue weighted by Gasteiger charge is 2.24. The second kappa shape index (κ2) is 8.40. The van der Waals surface area contributed by atoms with E-state index in [1.807, 2.05) is 13.2 Å². The normalized spacial score (nSPS) is 17.3. The highest BCUT2D eigenvalue weighted by atomic mass is 19.1. The average molecular weight is 438 g/mol. The molecule has 32 heavy (non-hydrogen) atoms. The van der Waals surface area contributed by atoms with Crippen molar-refractivity contribution in [2.24, 2.45) is 7.05 Å². The molecule has 1 aliphatic heterocycles. The van der Waals surface area contributed by atoms with E-state index in [9.17, 15) is 4.39 Å². The Morgan fingerprint density at radius 1 is 1.19 bits per heavy atom. The molecule has 1 aliphatic rings. The predicted molar refractivity (Wildman–Crippen MR) is 116 cm³/mol. The minimum Gasteiger partial charge on any atom is -0.380 e. The van der Waals surface area contributed by atoms with E-state index in [4.69, 9.17) is 4.74 Å². The molecule has 1 fully saturated rings. The molecule has 5 rings (SSSR count). The third-order valence-electron chi connectivity index (χ3n) is 6.01. The van der Waals surface area contributed by atoms with E-state index in [-0.39, 0.29) is 11.8 Å². The zero-order chi connectivity index (χ0) is 22.2. The number of benzene rings is 1. The number of hydrogen-bond donors (Lipinski definition) is 0. The topological polar surface area (TPSA) is 61.0 Å². The number of ether oxygens (including phenoxy) is 1. The first-order valence-electron chi connectivity index (χ1n) is 10.6. The summed E-state index contributed by atoms with van der Waals surface area (Å²) in [5.74, 6) is -1.29. The van der Waals surface area contributed by atoms with E-state index in [1.54, 1.807) is 36.4 Å². The maximum Gasteiger partial charge on any atom is 0.156 e. The van der Waals surface area contributed by atoms with Crippen LogP contribution in [-0.4, -0.2) is 55.7 Å². The van der Waals surface area contributed by atoms with Crippen LogP contribution in [0, 0.1) is 11.6 Å². The highest BCUT2D eigenvalue weighted by molar-refractivity contribution is 5.93. The van der Waals surface area contributed by atoms with E-state index in [0.29, 0.717) is 23.3 Å². The Labute approximate surface area is 184 Å². The van der Waals surface area contributed by atoms with Gasteiger partial charge in [-0.2, -0.15) is 10.2 Å². The van der Waals surface area contributed by atoms with Crippen molar-refractivity contribution >= 4 is 10.9 Å². The van der Waals surface area contributed by atoms with Crippen molar-refractivity contribution in [1.82, 2.24) is 29.4 Å². The number of aromatic nitrogens is 5. The summed E-state index contributed by atoms with van der Waals surface area (Å²) in [4.78, 5) is 6.30. The highest BCUT2D eigenvalue weighted by Crippen LogP contribution is 2.32. The van der Waals surface area contributed by atoms with Crippen molar-refractivity contribution in [1.29, 1.82) is 0 Å². The Morgan fingerprint density at radius 2 is 2.06 bits per heavy atom. The molecule has 166 valence electrons. The van der Waals surface area contributed by atoms with Gasteiger partial charge >= 0.3 is 0 Å². The Hall–Kier alpha value is -3.17. The molecule has 4 heterocycles. The van der Waals surface area contributed by atoms with E-state index in [2.05, 4.69) is 20.1 Å². The lowest BCUT2D eigenvalue weighted by Crippen LogP contribution is -2.38. The van der Waals surface area contributed by atoms with Crippen LogP contribution in [0.25, 0.3) is 27.8 Å². The van der Waals surface area contributed by atoms with Gasteiger partial charge in [0.25, 0.3) is 0 Å². The third kappa shape index (κ3) is 3.67. The summed E-state index contributed by atoms with van der Waals surface area (Å²) in [6, 6.07) is 4.61. The fraction of sp³-hybridized carbons (Fsp3) is 0.348. The first kappa shape index (κ1) is 20.7. The third-order valence-corrected chi connectivity index (χ3v) is 6.01. The molecular formula is C23H24F2N6O. The second-order valence-electron chi connectivity index (χ2n) is 8.16. The Bertz CT molecular complexity index is 1270. The molecule has 0 N–H and O–H groups in total.